The maximum atomic E-state index is 14.2. The second kappa shape index (κ2) is 9.89. The zero-order valence-corrected chi connectivity index (χ0v) is 21.3. The minimum Gasteiger partial charge on any atom is -0.396 e. The summed E-state index contributed by atoms with van der Waals surface area (Å²) in [5, 5.41) is 9.33. The van der Waals surface area contributed by atoms with Gasteiger partial charge < -0.3 is 29.3 Å². The van der Waals surface area contributed by atoms with Crippen LogP contribution in [0, 0.1) is 11.8 Å². The molecule has 0 aromatic heterocycles. The van der Waals surface area contributed by atoms with Gasteiger partial charge in [0.05, 0.1) is 30.7 Å². The van der Waals surface area contributed by atoms with E-state index in [0.717, 1.165) is 19.6 Å². The van der Waals surface area contributed by atoms with Gasteiger partial charge in [0, 0.05) is 59.5 Å². The fourth-order valence-corrected chi connectivity index (χ4v) is 6.61. The van der Waals surface area contributed by atoms with Gasteiger partial charge in [0.15, 0.2) is 0 Å². The van der Waals surface area contributed by atoms with E-state index in [-0.39, 0.29) is 24.3 Å². The first-order valence-corrected chi connectivity index (χ1v) is 13.1. The minimum absolute atomic E-state index is 0.0199. The number of ether oxygens (including phenoxy) is 2. The number of carbonyl (C=O) groups excluding carboxylic acids is 3. The van der Waals surface area contributed by atoms with Gasteiger partial charge in [-0.15, -0.1) is 0 Å². The van der Waals surface area contributed by atoms with E-state index in [1.807, 2.05) is 36.1 Å². The number of morpholine rings is 1. The minimum atomic E-state index is -1.21. The van der Waals surface area contributed by atoms with E-state index in [2.05, 4.69) is 4.90 Å². The highest BCUT2D eigenvalue weighted by molar-refractivity contribution is 6.00. The molecule has 1 spiro atoms. The van der Waals surface area contributed by atoms with Crippen molar-refractivity contribution in [3.05, 3.63) is 24.3 Å². The third kappa shape index (κ3) is 4.08. The Bertz CT molecular complexity index is 949. The van der Waals surface area contributed by atoms with Crippen LogP contribution < -0.4 is 0 Å². The maximum absolute atomic E-state index is 14.2. The number of amides is 3. The highest BCUT2D eigenvalue weighted by Crippen LogP contribution is 2.57. The fraction of sp³-hybridized carbons (Fsp3) is 0.731. The SMILES string of the molecule is CN1CC=C[C@@]2(C)O[C@]34C=CCN(CCN5CCOCC5)C(=O)C3N(CCCCO)C(=O)[C@@H]4[C@H]2C1=O. The van der Waals surface area contributed by atoms with Crippen LogP contribution in [0.25, 0.3) is 0 Å². The van der Waals surface area contributed by atoms with Crippen LogP contribution in [0.15, 0.2) is 24.3 Å². The Labute approximate surface area is 212 Å². The van der Waals surface area contributed by atoms with Crippen LogP contribution in [0.5, 0.6) is 0 Å². The van der Waals surface area contributed by atoms with E-state index in [1.54, 1.807) is 16.8 Å². The molecule has 0 aromatic rings. The molecular weight excluding hydrogens is 464 g/mol. The molecular formula is C26H38N4O6. The molecule has 3 amide bonds. The molecule has 36 heavy (non-hydrogen) atoms. The first-order valence-electron chi connectivity index (χ1n) is 13.1. The zero-order valence-electron chi connectivity index (χ0n) is 21.3. The topological polar surface area (TPSA) is 103 Å². The summed E-state index contributed by atoms with van der Waals surface area (Å²) in [6, 6.07) is -0.840. The predicted octanol–water partition coefficient (Wildman–Crippen LogP) is -0.511. The monoisotopic (exact) mass is 502 g/mol. The molecule has 5 aliphatic rings. The van der Waals surface area contributed by atoms with E-state index >= 15 is 0 Å². The van der Waals surface area contributed by atoms with E-state index in [9.17, 15) is 19.5 Å². The van der Waals surface area contributed by atoms with Crippen molar-refractivity contribution in [2.75, 3.05) is 72.7 Å². The van der Waals surface area contributed by atoms with Crippen molar-refractivity contribution < 1.29 is 29.0 Å². The molecule has 10 nitrogen and oxygen atoms in total. The normalized spacial score (nSPS) is 36.7. The van der Waals surface area contributed by atoms with Crippen LogP contribution in [0.2, 0.25) is 0 Å². The number of likely N-dealkylation sites (tertiary alicyclic amines) is 1. The lowest BCUT2D eigenvalue weighted by Crippen LogP contribution is -2.56. The van der Waals surface area contributed by atoms with E-state index < -0.39 is 29.1 Å². The Morgan fingerprint density at radius 1 is 0.944 bits per heavy atom. The lowest BCUT2D eigenvalue weighted by atomic mass is 9.74. The number of likely N-dealkylation sites (N-methyl/N-ethyl adjacent to an activating group) is 1. The number of carbonyl (C=O) groups is 3. The van der Waals surface area contributed by atoms with Crippen molar-refractivity contribution in [1.29, 1.82) is 0 Å². The highest BCUT2D eigenvalue weighted by atomic mass is 16.5. The van der Waals surface area contributed by atoms with Crippen LogP contribution in [-0.4, -0.2) is 132 Å². The molecule has 0 aliphatic carbocycles. The quantitative estimate of drug-likeness (QED) is 0.370. The van der Waals surface area contributed by atoms with Crippen molar-refractivity contribution in [2.24, 2.45) is 11.8 Å². The molecule has 1 unspecified atom stereocenters. The molecule has 0 aromatic carbocycles. The van der Waals surface area contributed by atoms with Gasteiger partial charge in [-0.3, -0.25) is 19.3 Å². The van der Waals surface area contributed by atoms with Crippen molar-refractivity contribution >= 4 is 17.7 Å². The van der Waals surface area contributed by atoms with Gasteiger partial charge in [-0.25, -0.2) is 0 Å². The van der Waals surface area contributed by atoms with Crippen molar-refractivity contribution in [3.63, 3.8) is 0 Å². The molecule has 5 heterocycles. The molecule has 5 aliphatic heterocycles. The van der Waals surface area contributed by atoms with Gasteiger partial charge in [0.2, 0.25) is 17.7 Å². The number of aliphatic hydroxyl groups is 1. The van der Waals surface area contributed by atoms with Crippen LogP contribution in [0.1, 0.15) is 19.8 Å². The van der Waals surface area contributed by atoms with E-state index in [4.69, 9.17) is 9.47 Å². The molecule has 1 N–H and O–H groups in total. The predicted molar refractivity (Wildman–Crippen MR) is 131 cm³/mol. The van der Waals surface area contributed by atoms with Crippen molar-refractivity contribution in [1.82, 2.24) is 19.6 Å². The van der Waals surface area contributed by atoms with Crippen LogP contribution in [0.4, 0.5) is 0 Å². The van der Waals surface area contributed by atoms with Gasteiger partial charge in [-0.05, 0) is 19.8 Å². The summed E-state index contributed by atoms with van der Waals surface area (Å²) in [5.74, 6) is -1.98. The lowest BCUT2D eigenvalue weighted by molar-refractivity contribution is -0.152. The van der Waals surface area contributed by atoms with Crippen LogP contribution in [-0.2, 0) is 23.9 Å². The maximum Gasteiger partial charge on any atom is 0.249 e. The van der Waals surface area contributed by atoms with E-state index in [0.29, 0.717) is 52.2 Å². The largest absolute Gasteiger partial charge is 0.396 e. The first kappa shape index (κ1) is 25.4. The molecule has 10 heteroatoms. The summed E-state index contributed by atoms with van der Waals surface area (Å²) in [4.78, 5) is 49.1. The average molecular weight is 503 g/mol. The highest BCUT2D eigenvalue weighted by Gasteiger charge is 2.74. The van der Waals surface area contributed by atoms with Gasteiger partial charge in [0.1, 0.15) is 11.6 Å². The molecule has 0 bridgehead atoms. The smallest absolute Gasteiger partial charge is 0.249 e. The Hall–Kier alpha value is -2.27. The zero-order chi connectivity index (χ0) is 25.5. The Balaban J connectivity index is 1.49. The number of rotatable bonds is 7. The average Bonchev–Trinajstić information content (AvgIpc) is 3.14. The Morgan fingerprint density at radius 3 is 2.44 bits per heavy atom. The second-order valence-electron chi connectivity index (χ2n) is 10.7. The summed E-state index contributed by atoms with van der Waals surface area (Å²) in [5.41, 5.74) is -2.19. The summed E-state index contributed by atoms with van der Waals surface area (Å²) in [6.45, 7) is 7.44. The molecule has 5 atom stereocenters. The van der Waals surface area contributed by atoms with Gasteiger partial charge in [0.25, 0.3) is 0 Å². The standard InChI is InChI=1S/C26H38N4O6/c1-25-7-5-9-27(2)22(32)19(25)20-23(33)30(11-3-4-16-31)21-24(34)29(10-6-8-26(20,21)36-25)13-12-28-14-17-35-18-15-28/h5-8,19-21,31H,3-4,9-18H2,1-2H3/t19-,20-,21?,25+,26-/m0/s1. The Morgan fingerprint density at radius 2 is 1.69 bits per heavy atom. The van der Waals surface area contributed by atoms with Crippen LogP contribution >= 0.6 is 0 Å². The summed E-state index contributed by atoms with van der Waals surface area (Å²) >= 11 is 0. The second-order valence-corrected chi connectivity index (χ2v) is 10.7. The Kier molecular flexibility index (Phi) is 6.97. The molecule has 3 saturated heterocycles. The number of aliphatic hydroxyl groups excluding tert-OH is 1. The summed E-state index contributed by atoms with van der Waals surface area (Å²) in [6.07, 6.45) is 8.73. The van der Waals surface area contributed by atoms with Gasteiger partial charge in [-0.2, -0.15) is 0 Å². The number of hydrogen-bond donors (Lipinski definition) is 1. The third-order valence-corrected chi connectivity index (χ3v) is 8.44. The first-order chi connectivity index (χ1) is 17.3. The number of hydrogen-bond acceptors (Lipinski definition) is 7. The van der Waals surface area contributed by atoms with Crippen LogP contribution in [0.3, 0.4) is 0 Å². The number of nitrogens with zero attached hydrogens (tertiary/aromatic N) is 4. The van der Waals surface area contributed by atoms with Crippen molar-refractivity contribution in [3.8, 4) is 0 Å². The third-order valence-electron chi connectivity index (χ3n) is 8.44. The lowest BCUT2D eigenvalue weighted by Gasteiger charge is -2.38. The fourth-order valence-electron chi connectivity index (χ4n) is 6.61. The summed E-state index contributed by atoms with van der Waals surface area (Å²) < 4.78 is 12.2. The molecule has 3 fully saturated rings. The molecule has 0 radical (unpaired) electrons. The van der Waals surface area contributed by atoms with Gasteiger partial charge >= 0.3 is 0 Å². The molecule has 198 valence electrons. The summed E-state index contributed by atoms with van der Waals surface area (Å²) in [7, 11) is 1.74. The van der Waals surface area contributed by atoms with Gasteiger partial charge in [-0.1, -0.05) is 24.3 Å². The number of unbranched alkanes of at least 4 members (excludes halogenated alkanes) is 1. The van der Waals surface area contributed by atoms with Crippen molar-refractivity contribution in [2.45, 2.75) is 37.0 Å². The van der Waals surface area contributed by atoms with E-state index in [1.165, 1.54) is 0 Å². The number of fused-ring (bicyclic) bond motifs is 2. The molecule has 5 rings (SSSR count). The molecule has 0 saturated carbocycles.